The van der Waals surface area contributed by atoms with E-state index in [1.165, 1.54) is 19.8 Å². The summed E-state index contributed by atoms with van der Waals surface area (Å²) in [6, 6.07) is 13.2. The van der Waals surface area contributed by atoms with Crippen LogP contribution in [0, 0.1) is 0 Å². The maximum atomic E-state index is 12.8. The van der Waals surface area contributed by atoms with Crippen LogP contribution in [0.4, 0.5) is 5.69 Å². The van der Waals surface area contributed by atoms with Crippen molar-refractivity contribution < 1.29 is 28.5 Å². The molecule has 0 spiro atoms. The first-order valence-corrected chi connectivity index (χ1v) is 9.92. The Kier molecular flexibility index (Phi) is 5.66. The van der Waals surface area contributed by atoms with Crippen LogP contribution >= 0.6 is 0 Å². The highest BCUT2D eigenvalue weighted by Crippen LogP contribution is 2.42. The average Bonchev–Trinajstić information content (AvgIpc) is 3.30. The van der Waals surface area contributed by atoms with Crippen LogP contribution in [0.25, 0.3) is 0 Å². The maximum absolute atomic E-state index is 12.8. The molecule has 4 rings (SSSR count). The van der Waals surface area contributed by atoms with Crippen molar-refractivity contribution in [2.24, 2.45) is 0 Å². The smallest absolute Gasteiger partial charge is 0.336 e. The molecule has 7 heteroatoms. The third kappa shape index (κ3) is 3.86. The first-order valence-electron chi connectivity index (χ1n) is 9.92. The van der Waals surface area contributed by atoms with Gasteiger partial charge in [0.1, 0.15) is 0 Å². The van der Waals surface area contributed by atoms with Crippen molar-refractivity contribution in [1.82, 2.24) is 0 Å². The predicted octanol–water partition coefficient (Wildman–Crippen LogP) is 3.70. The van der Waals surface area contributed by atoms with Gasteiger partial charge >= 0.3 is 11.9 Å². The van der Waals surface area contributed by atoms with Crippen molar-refractivity contribution in [1.29, 1.82) is 0 Å². The van der Waals surface area contributed by atoms with Gasteiger partial charge in [-0.3, -0.25) is 0 Å². The van der Waals surface area contributed by atoms with E-state index in [-0.39, 0.29) is 6.79 Å². The van der Waals surface area contributed by atoms with E-state index < -0.39 is 17.9 Å². The van der Waals surface area contributed by atoms with Crippen LogP contribution in [0.3, 0.4) is 0 Å². The van der Waals surface area contributed by atoms with Crippen LogP contribution in [0.2, 0.25) is 0 Å². The van der Waals surface area contributed by atoms with Gasteiger partial charge in [-0.2, -0.15) is 0 Å². The van der Waals surface area contributed by atoms with Crippen molar-refractivity contribution in [2.45, 2.75) is 19.3 Å². The second kappa shape index (κ2) is 8.55. The minimum Gasteiger partial charge on any atom is -0.466 e. The third-order valence-corrected chi connectivity index (χ3v) is 5.39. The van der Waals surface area contributed by atoms with E-state index in [2.05, 4.69) is 6.92 Å². The van der Waals surface area contributed by atoms with Crippen molar-refractivity contribution >= 4 is 17.6 Å². The number of anilines is 1. The van der Waals surface area contributed by atoms with Gasteiger partial charge in [0.25, 0.3) is 0 Å². The largest absolute Gasteiger partial charge is 0.466 e. The molecule has 2 aliphatic heterocycles. The van der Waals surface area contributed by atoms with E-state index in [1.54, 1.807) is 35.5 Å². The minimum absolute atomic E-state index is 0.129. The summed E-state index contributed by atoms with van der Waals surface area (Å²) in [5.74, 6) is -0.576. The number of benzene rings is 2. The number of fused-ring (bicyclic) bond motifs is 1. The predicted molar refractivity (Wildman–Crippen MR) is 114 cm³/mol. The van der Waals surface area contributed by atoms with E-state index in [1.807, 2.05) is 24.3 Å². The van der Waals surface area contributed by atoms with Crippen LogP contribution in [-0.4, -0.2) is 33.0 Å². The SMILES string of the molecule is CCc1ccc(N2C=C(C(=O)OC)C(c3ccc4c(c3)OCO4)C(C(=O)OC)=C2)cc1. The number of rotatable bonds is 5. The fourth-order valence-electron chi connectivity index (χ4n) is 3.74. The number of carbonyl (C=O) groups excluding carboxylic acids is 2. The first kappa shape index (κ1) is 20.5. The number of methoxy groups -OCH3 is 2. The molecule has 0 aromatic heterocycles. The number of carbonyl (C=O) groups is 2. The van der Waals surface area contributed by atoms with E-state index in [0.29, 0.717) is 28.2 Å². The molecule has 0 unspecified atom stereocenters. The molecule has 0 bridgehead atoms. The van der Waals surface area contributed by atoms with Crippen LogP contribution in [0.5, 0.6) is 11.5 Å². The molecule has 0 N–H and O–H groups in total. The molecule has 2 aromatic rings. The number of ether oxygens (including phenoxy) is 4. The Morgan fingerprint density at radius 3 is 2.13 bits per heavy atom. The highest BCUT2D eigenvalue weighted by atomic mass is 16.7. The van der Waals surface area contributed by atoms with Gasteiger partial charge in [-0.25, -0.2) is 9.59 Å². The highest BCUT2D eigenvalue weighted by Gasteiger charge is 2.36. The van der Waals surface area contributed by atoms with Gasteiger partial charge in [0.15, 0.2) is 11.5 Å². The summed E-state index contributed by atoms with van der Waals surface area (Å²) in [7, 11) is 2.63. The standard InChI is InChI=1S/C24H23NO6/c1-4-15-5-8-17(9-6-15)25-12-18(23(26)28-2)22(19(13-25)24(27)29-3)16-7-10-20-21(11-16)31-14-30-20/h5-13,22H,4,14H2,1-3H3. The molecular formula is C24H23NO6. The molecule has 0 aliphatic carbocycles. The Balaban J connectivity index is 1.83. The third-order valence-electron chi connectivity index (χ3n) is 5.39. The van der Waals surface area contributed by atoms with Gasteiger partial charge < -0.3 is 23.8 Å². The van der Waals surface area contributed by atoms with Gasteiger partial charge in [-0.15, -0.1) is 0 Å². The molecule has 0 fully saturated rings. The van der Waals surface area contributed by atoms with Crippen LogP contribution in [-0.2, 0) is 25.5 Å². The molecule has 160 valence electrons. The normalized spacial score (nSPS) is 15.3. The van der Waals surface area contributed by atoms with Crippen molar-refractivity contribution in [3.05, 3.63) is 77.1 Å². The van der Waals surface area contributed by atoms with Gasteiger partial charge in [0.05, 0.1) is 31.3 Å². The number of aryl methyl sites for hydroxylation is 1. The Hall–Kier alpha value is -3.74. The molecule has 0 amide bonds. The molecule has 7 nitrogen and oxygen atoms in total. The fourth-order valence-corrected chi connectivity index (χ4v) is 3.74. The van der Waals surface area contributed by atoms with Gasteiger partial charge in [0.2, 0.25) is 6.79 Å². The topological polar surface area (TPSA) is 74.3 Å². The van der Waals surface area contributed by atoms with E-state index >= 15 is 0 Å². The number of esters is 2. The lowest BCUT2D eigenvalue weighted by molar-refractivity contribution is -0.137. The Labute approximate surface area is 180 Å². The van der Waals surface area contributed by atoms with Gasteiger partial charge in [0, 0.05) is 18.1 Å². The fraction of sp³-hybridized carbons (Fsp3) is 0.250. The zero-order valence-corrected chi connectivity index (χ0v) is 17.6. The highest BCUT2D eigenvalue weighted by molar-refractivity contribution is 6.00. The van der Waals surface area contributed by atoms with Crippen molar-refractivity contribution in [3.63, 3.8) is 0 Å². The maximum Gasteiger partial charge on any atom is 0.336 e. The van der Waals surface area contributed by atoms with Crippen molar-refractivity contribution in [3.8, 4) is 11.5 Å². The second-order valence-electron chi connectivity index (χ2n) is 7.13. The Morgan fingerprint density at radius 2 is 1.55 bits per heavy atom. The molecule has 0 radical (unpaired) electrons. The van der Waals surface area contributed by atoms with Crippen molar-refractivity contribution in [2.75, 3.05) is 25.9 Å². The lowest BCUT2D eigenvalue weighted by atomic mass is 9.83. The molecule has 0 atom stereocenters. The molecule has 0 saturated heterocycles. The second-order valence-corrected chi connectivity index (χ2v) is 7.13. The van der Waals surface area contributed by atoms with E-state index in [9.17, 15) is 9.59 Å². The minimum atomic E-state index is -0.680. The van der Waals surface area contributed by atoms with E-state index in [0.717, 1.165) is 12.1 Å². The lowest BCUT2D eigenvalue weighted by Gasteiger charge is -2.30. The quantitative estimate of drug-likeness (QED) is 0.682. The summed E-state index contributed by atoms with van der Waals surface area (Å²) in [6.07, 6.45) is 4.29. The molecule has 0 saturated carbocycles. The van der Waals surface area contributed by atoms with Gasteiger partial charge in [-0.1, -0.05) is 25.1 Å². The molecule has 2 heterocycles. The molecular weight excluding hydrogens is 398 g/mol. The van der Waals surface area contributed by atoms with Gasteiger partial charge in [-0.05, 0) is 41.8 Å². The summed E-state index contributed by atoms with van der Waals surface area (Å²) in [4.78, 5) is 27.3. The first-order chi connectivity index (χ1) is 15.0. The summed E-state index contributed by atoms with van der Waals surface area (Å²) < 4.78 is 21.0. The summed E-state index contributed by atoms with van der Waals surface area (Å²) >= 11 is 0. The Morgan fingerprint density at radius 1 is 0.935 bits per heavy atom. The monoisotopic (exact) mass is 421 g/mol. The van der Waals surface area contributed by atoms with Crippen LogP contribution in [0.1, 0.15) is 24.0 Å². The number of hydrogen-bond donors (Lipinski definition) is 0. The van der Waals surface area contributed by atoms with Crippen LogP contribution < -0.4 is 14.4 Å². The summed E-state index contributed by atoms with van der Waals surface area (Å²) in [5, 5.41) is 0. The summed E-state index contributed by atoms with van der Waals surface area (Å²) in [6.45, 7) is 2.21. The Bertz CT molecular complexity index is 1040. The number of hydrogen-bond acceptors (Lipinski definition) is 7. The molecule has 2 aromatic carbocycles. The summed E-state index contributed by atoms with van der Waals surface area (Å²) in [5.41, 5.74) is 3.31. The molecule has 2 aliphatic rings. The van der Waals surface area contributed by atoms with E-state index in [4.69, 9.17) is 18.9 Å². The average molecular weight is 421 g/mol. The van der Waals surface area contributed by atoms with Crippen LogP contribution in [0.15, 0.2) is 66.0 Å². The number of nitrogens with zero attached hydrogens (tertiary/aromatic N) is 1. The zero-order valence-electron chi connectivity index (χ0n) is 17.6. The zero-order chi connectivity index (χ0) is 22.0. The molecule has 31 heavy (non-hydrogen) atoms. The lowest BCUT2D eigenvalue weighted by Crippen LogP contribution is -2.28.